The molecule has 0 aliphatic heterocycles. The highest BCUT2D eigenvalue weighted by molar-refractivity contribution is 7.89. The largest absolute Gasteiger partial charge is 0.395 e. The van der Waals surface area contributed by atoms with Crippen LogP contribution in [0.4, 0.5) is 5.69 Å². The van der Waals surface area contributed by atoms with Crippen molar-refractivity contribution >= 4 is 50.1 Å². The Labute approximate surface area is 185 Å². The van der Waals surface area contributed by atoms with Gasteiger partial charge in [-0.05, 0) is 25.0 Å². The lowest BCUT2D eigenvalue weighted by Crippen LogP contribution is -2.57. The summed E-state index contributed by atoms with van der Waals surface area (Å²) >= 11 is 6.02. The number of nitrogens with zero attached hydrogens (tertiary/aromatic N) is 3. The summed E-state index contributed by atoms with van der Waals surface area (Å²) in [6, 6.07) is 4.40. The fraction of sp³-hybridized carbons (Fsp3) is 0.421. The van der Waals surface area contributed by atoms with E-state index < -0.39 is 21.5 Å². The standard InChI is InChI=1S/C19H25ClN6O4S/c1-25(8-9-27)17(28)19(6-2-3-7-19)24-31(29,30)14-4-5-15-13(10-14)11-23-12-16(15)26(20)18(21)22/h4-5,10-12,24,27H,2-3,6-9H2,1H3,(H3,21,22). The summed E-state index contributed by atoms with van der Waals surface area (Å²) < 4.78 is 30.0. The van der Waals surface area contributed by atoms with Gasteiger partial charge >= 0.3 is 0 Å². The molecule has 168 valence electrons. The molecule has 0 atom stereocenters. The summed E-state index contributed by atoms with van der Waals surface area (Å²) in [5, 5.41) is 17.7. The summed E-state index contributed by atoms with van der Waals surface area (Å²) in [7, 11) is -2.49. The third kappa shape index (κ3) is 4.59. The van der Waals surface area contributed by atoms with Gasteiger partial charge in [-0.25, -0.2) is 12.8 Å². The van der Waals surface area contributed by atoms with Crippen LogP contribution < -0.4 is 14.9 Å². The van der Waals surface area contributed by atoms with Crippen LogP contribution in [0.1, 0.15) is 25.7 Å². The first-order valence-corrected chi connectivity index (χ1v) is 11.5. The van der Waals surface area contributed by atoms with E-state index in [9.17, 15) is 13.2 Å². The first kappa shape index (κ1) is 23.2. The van der Waals surface area contributed by atoms with Crippen molar-refractivity contribution < 1.29 is 18.3 Å². The number of halogens is 1. The number of aliphatic hydroxyl groups excluding tert-OH is 1. The number of amides is 1. The first-order valence-electron chi connectivity index (χ1n) is 9.69. The van der Waals surface area contributed by atoms with Crippen molar-refractivity contribution in [2.45, 2.75) is 36.1 Å². The maximum absolute atomic E-state index is 13.2. The van der Waals surface area contributed by atoms with Crippen molar-refractivity contribution in [1.29, 1.82) is 5.41 Å². The van der Waals surface area contributed by atoms with Crippen molar-refractivity contribution in [2.24, 2.45) is 5.73 Å². The molecule has 0 spiro atoms. The fourth-order valence-electron chi connectivity index (χ4n) is 3.86. The van der Waals surface area contributed by atoms with Gasteiger partial charge in [0.2, 0.25) is 21.9 Å². The van der Waals surface area contributed by atoms with E-state index in [0.717, 1.165) is 17.3 Å². The number of rotatable bonds is 7. The Hall–Kier alpha value is -2.47. The zero-order valence-electron chi connectivity index (χ0n) is 17.0. The molecule has 0 unspecified atom stereocenters. The van der Waals surface area contributed by atoms with Crippen molar-refractivity contribution in [3.63, 3.8) is 0 Å². The minimum atomic E-state index is -4.04. The molecule has 1 aliphatic carbocycles. The average molecular weight is 469 g/mol. The number of hydrogen-bond donors (Lipinski definition) is 4. The molecule has 1 amide bonds. The lowest BCUT2D eigenvalue weighted by Gasteiger charge is -2.32. The van der Waals surface area contributed by atoms with E-state index in [2.05, 4.69) is 9.71 Å². The lowest BCUT2D eigenvalue weighted by molar-refractivity contribution is -0.136. The fourth-order valence-corrected chi connectivity index (χ4v) is 5.45. The van der Waals surface area contributed by atoms with Crippen LogP contribution >= 0.6 is 11.8 Å². The summed E-state index contributed by atoms with van der Waals surface area (Å²) in [4.78, 5) is 18.4. The molecule has 1 aliphatic rings. The van der Waals surface area contributed by atoms with Crippen LogP contribution in [0.2, 0.25) is 0 Å². The van der Waals surface area contributed by atoms with Crippen molar-refractivity contribution in [3.05, 3.63) is 30.6 Å². The normalized spacial score (nSPS) is 15.7. The Morgan fingerprint density at radius 1 is 1.35 bits per heavy atom. The molecule has 31 heavy (non-hydrogen) atoms. The van der Waals surface area contributed by atoms with Crippen molar-refractivity contribution in [1.82, 2.24) is 14.6 Å². The topological polar surface area (TPSA) is 153 Å². The number of pyridine rings is 1. The van der Waals surface area contributed by atoms with Gasteiger partial charge in [0.05, 0.1) is 23.4 Å². The molecule has 1 saturated carbocycles. The predicted molar refractivity (Wildman–Crippen MR) is 118 cm³/mol. The van der Waals surface area contributed by atoms with E-state index in [-0.39, 0.29) is 24.0 Å². The van der Waals surface area contributed by atoms with Gasteiger partial charge in [-0.2, -0.15) is 4.72 Å². The molecular formula is C19H25ClN6O4S. The molecule has 0 saturated heterocycles. The quantitative estimate of drug-likeness (QED) is 0.270. The first-order chi connectivity index (χ1) is 14.6. The lowest BCUT2D eigenvalue weighted by atomic mass is 9.97. The Balaban J connectivity index is 1.97. The number of aliphatic hydroxyl groups is 1. The molecule has 1 aromatic carbocycles. The Morgan fingerprint density at radius 2 is 2.03 bits per heavy atom. The maximum Gasteiger partial charge on any atom is 0.243 e. The second kappa shape index (κ2) is 8.95. The number of nitrogens with one attached hydrogen (secondary N) is 2. The van der Waals surface area contributed by atoms with Crippen LogP contribution in [-0.4, -0.2) is 61.0 Å². The van der Waals surface area contributed by atoms with Crippen LogP contribution in [-0.2, 0) is 14.8 Å². The number of carbonyl (C=O) groups is 1. The van der Waals surface area contributed by atoms with Gasteiger partial charge in [0, 0.05) is 42.3 Å². The van der Waals surface area contributed by atoms with E-state index in [0.29, 0.717) is 29.3 Å². The summed E-state index contributed by atoms with van der Waals surface area (Å²) in [5.74, 6) is -0.755. The van der Waals surface area contributed by atoms with E-state index in [1.807, 2.05) is 0 Å². The van der Waals surface area contributed by atoms with E-state index in [1.165, 1.54) is 29.4 Å². The molecular weight excluding hydrogens is 444 g/mol. The number of sulfonamides is 1. The second-order valence-electron chi connectivity index (χ2n) is 7.55. The number of nitrogens with two attached hydrogens (primary N) is 1. The molecule has 1 heterocycles. The maximum atomic E-state index is 13.2. The molecule has 0 radical (unpaired) electrons. The van der Waals surface area contributed by atoms with Gasteiger partial charge in [-0.3, -0.25) is 15.2 Å². The minimum absolute atomic E-state index is 0.0215. The molecule has 12 heteroatoms. The number of hydrogen-bond acceptors (Lipinski definition) is 6. The van der Waals surface area contributed by atoms with Crippen LogP contribution in [0, 0.1) is 5.41 Å². The van der Waals surface area contributed by atoms with Gasteiger partial charge < -0.3 is 15.7 Å². The van der Waals surface area contributed by atoms with Gasteiger partial charge in [-0.1, -0.05) is 18.9 Å². The highest BCUT2D eigenvalue weighted by atomic mass is 35.5. The summed E-state index contributed by atoms with van der Waals surface area (Å²) in [6.45, 7) is -0.0826. The molecule has 0 bridgehead atoms. The van der Waals surface area contributed by atoms with Crippen molar-refractivity contribution in [3.8, 4) is 0 Å². The third-order valence-corrected chi connectivity index (χ3v) is 7.32. The number of fused-ring (bicyclic) bond motifs is 1. The number of likely N-dealkylation sites (N-methyl/N-ethyl adjacent to an activating group) is 1. The zero-order chi connectivity index (χ0) is 22.8. The van der Waals surface area contributed by atoms with Crippen LogP contribution in [0.15, 0.2) is 35.5 Å². The summed E-state index contributed by atoms with van der Waals surface area (Å²) in [5.41, 5.74) is 4.54. The van der Waals surface area contributed by atoms with Crippen molar-refractivity contribution in [2.75, 3.05) is 24.6 Å². The number of guanidine groups is 1. The van der Waals surface area contributed by atoms with Gasteiger partial charge in [0.15, 0.2) is 0 Å². The second-order valence-corrected chi connectivity index (χ2v) is 9.57. The third-order valence-electron chi connectivity index (χ3n) is 5.42. The Morgan fingerprint density at radius 3 is 2.65 bits per heavy atom. The molecule has 1 fully saturated rings. The highest BCUT2D eigenvalue weighted by Crippen LogP contribution is 2.34. The highest BCUT2D eigenvalue weighted by Gasteiger charge is 2.45. The zero-order valence-corrected chi connectivity index (χ0v) is 18.6. The van der Waals surface area contributed by atoms with Gasteiger partial charge in [-0.15, -0.1) is 0 Å². The number of benzene rings is 1. The minimum Gasteiger partial charge on any atom is -0.395 e. The van der Waals surface area contributed by atoms with Crippen LogP contribution in [0.3, 0.4) is 0 Å². The van der Waals surface area contributed by atoms with Crippen LogP contribution in [0.25, 0.3) is 10.8 Å². The Bertz CT molecular complexity index is 1100. The van der Waals surface area contributed by atoms with Crippen LogP contribution in [0.5, 0.6) is 0 Å². The number of anilines is 1. The number of carbonyl (C=O) groups excluding carboxylic acids is 1. The predicted octanol–water partition coefficient (Wildman–Crippen LogP) is 1.13. The molecule has 10 nitrogen and oxygen atoms in total. The summed E-state index contributed by atoms with van der Waals surface area (Å²) in [6.07, 6.45) is 5.13. The SMILES string of the molecule is CN(CCO)C(=O)C1(NS(=O)(=O)c2ccc3c(N(Cl)C(=N)N)cncc3c2)CCCC1. The van der Waals surface area contributed by atoms with Gasteiger partial charge in [0.1, 0.15) is 5.54 Å². The van der Waals surface area contributed by atoms with E-state index in [1.54, 1.807) is 13.1 Å². The smallest absolute Gasteiger partial charge is 0.243 e. The Kier molecular flexibility index (Phi) is 6.70. The van der Waals surface area contributed by atoms with E-state index in [4.69, 9.17) is 28.0 Å². The number of aromatic nitrogens is 1. The molecule has 3 rings (SSSR count). The molecule has 2 aromatic rings. The van der Waals surface area contributed by atoms with E-state index >= 15 is 0 Å². The monoisotopic (exact) mass is 468 g/mol. The van der Waals surface area contributed by atoms with Gasteiger partial charge in [0.25, 0.3) is 0 Å². The molecule has 5 N–H and O–H groups in total. The molecule has 1 aromatic heterocycles. The average Bonchev–Trinajstić information content (AvgIpc) is 3.20.